The van der Waals surface area contributed by atoms with Gasteiger partial charge < -0.3 is 0 Å². The fourth-order valence-electron chi connectivity index (χ4n) is 1.26. The molecule has 0 radical (unpaired) electrons. The lowest BCUT2D eigenvalue weighted by Crippen LogP contribution is -1.89. The number of benzene rings is 1. The van der Waals surface area contributed by atoms with Gasteiger partial charge in [-0.1, -0.05) is 77.1 Å². The van der Waals surface area contributed by atoms with Crippen molar-refractivity contribution in [2.45, 2.75) is 40.5 Å². The molecule has 0 nitrogen and oxygen atoms in total. The second-order valence-corrected chi connectivity index (χ2v) is 3.83. The molecule has 0 N–H and O–H groups in total. The van der Waals surface area contributed by atoms with Gasteiger partial charge in [0.05, 0.1) is 0 Å². The maximum absolute atomic E-state index is 2.28. The van der Waals surface area contributed by atoms with Crippen LogP contribution in [-0.4, -0.2) is 0 Å². The second-order valence-electron chi connectivity index (χ2n) is 3.83. The lowest BCUT2D eigenvalue weighted by Gasteiger charge is -2.06. The SMILES string of the molecule is CC.CC(C)C=CC(C)c1ccccc1. The van der Waals surface area contributed by atoms with Crippen molar-refractivity contribution < 1.29 is 0 Å². The average molecular weight is 204 g/mol. The van der Waals surface area contributed by atoms with Gasteiger partial charge in [-0.05, 0) is 17.4 Å². The predicted molar refractivity (Wildman–Crippen MR) is 70.2 cm³/mol. The molecule has 0 amide bonds. The van der Waals surface area contributed by atoms with Gasteiger partial charge >= 0.3 is 0 Å². The third-order valence-corrected chi connectivity index (χ3v) is 2.11. The molecule has 1 rings (SSSR count). The molecule has 15 heavy (non-hydrogen) atoms. The van der Waals surface area contributed by atoms with E-state index in [9.17, 15) is 0 Å². The van der Waals surface area contributed by atoms with Crippen molar-refractivity contribution in [2.24, 2.45) is 5.92 Å². The molecule has 0 fully saturated rings. The molecule has 1 aromatic carbocycles. The second kappa shape index (κ2) is 8.28. The minimum Gasteiger partial charge on any atom is -0.0854 e. The summed E-state index contributed by atoms with van der Waals surface area (Å²) < 4.78 is 0. The zero-order valence-corrected chi connectivity index (χ0v) is 10.7. The molecule has 0 aliphatic rings. The Balaban J connectivity index is 0.000000921. The lowest BCUT2D eigenvalue weighted by atomic mass is 9.99. The Kier molecular flexibility index (Phi) is 7.71. The first-order valence-electron chi connectivity index (χ1n) is 5.93. The number of hydrogen-bond donors (Lipinski definition) is 0. The van der Waals surface area contributed by atoms with Crippen molar-refractivity contribution in [1.29, 1.82) is 0 Å². The zero-order chi connectivity index (χ0) is 11.7. The van der Waals surface area contributed by atoms with Crippen molar-refractivity contribution in [2.75, 3.05) is 0 Å². The van der Waals surface area contributed by atoms with Crippen molar-refractivity contribution in [3.05, 3.63) is 48.0 Å². The van der Waals surface area contributed by atoms with Gasteiger partial charge in [-0.25, -0.2) is 0 Å². The van der Waals surface area contributed by atoms with Gasteiger partial charge in [-0.15, -0.1) is 0 Å². The number of rotatable bonds is 3. The first kappa shape index (κ1) is 14.0. The van der Waals surface area contributed by atoms with Gasteiger partial charge in [-0.3, -0.25) is 0 Å². The van der Waals surface area contributed by atoms with Crippen molar-refractivity contribution in [1.82, 2.24) is 0 Å². The highest BCUT2D eigenvalue weighted by Crippen LogP contribution is 2.16. The Morgan fingerprint density at radius 2 is 1.40 bits per heavy atom. The fourth-order valence-corrected chi connectivity index (χ4v) is 1.26. The van der Waals surface area contributed by atoms with Gasteiger partial charge in [0.25, 0.3) is 0 Å². The average Bonchev–Trinajstić information content (AvgIpc) is 2.30. The van der Waals surface area contributed by atoms with E-state index >= 15 is 0 Å². The Morgan fingerprint density at radius 3 is 1.87 bits per heavy atom. The normalized spacial score (nSPS) is 12.4. The summed E-state index contributed by atoms with van der Waals surface area (Å²) in [6, 6.07) is 10.6. The molecule has 0 saturated carbocycles. The molecule has 1 atom stereocenters. The first-order valence-corrected chi connectivity index (χ1v) is 5.93. The highest BCUT2D eigenvalue weighted by atomic mass is 14.0. The maximum atomic E-state index is 2.28. The molecule has 0 bridgehead atoms. The summed E-state index contributed by atoms with van der Waals surface area (Å²) in [5.74, 6) is 1.18. The Hall–Kier alpha value is -1.04. The van der Waals surface area contributed by atoms with E-state index in [1.165, 1.54) is 5.56 Å². The van der Waals surface area contributed by atoms with E-state index in [0.29, 0.717) is 11.8 Å². The van der Waals surface area contributed by atoms with Crippen LogP contribution >= 0.6 is 0 Å². The van der Waals surface area contributed by atoms with Gasteiger partial charge in [0.2, 0.25) is 0 Å². The van der Waals surface area contributed by atoms with Gasteiger partial charge in [0.1, 0.15) is 0 Å². The third kappa shape index (κ3) is 6.11. The highest BCUT2D eigenvalue weighted by molar-refractivity contribution is 5.22. The third-order valence-electron chi connectivity index (χ3n) is 2.11. The van der Waals surface area contributed by atoms with E-state index in [1.807, 2.05) is 13.8 Å². The lowest BCUT2D eigenvalue weighted by molar-refractivity contribution is 0.815. The molecule has 0 spiro atoms. The van der Waals surface area contributed by atoms with Crippen molar-refractivity contribution >= 4 is 0 Å². The van der Waals surface area contributed by atoms with Crippen molar-refractivity contribution in [3.63, 3.8) is 0 Å². The predicted octanol–water partition coefficient (Wildman–Crippen LogP) is 5.03. The van der Waals surface area contributed by atoms with Crippen LogP contribution in [0.2, 0.25) is 0 Å². The van der Waals surface area contributed by atoms with E-state index in [2.05, 4.69) is 63.3 Å². The first-order chi connectivity index (χ1) is 7.20. The van der Waals surface area contributed by atoms with Crippen LogP contribution in [0.5, 0.6) is 0 Å². The molecule has 0 heterocycles. The monoisotopic (exact) mass is 204 g/mol. The quantitative estimate of drug-likeness (QED) is 0.606. The molecule has 1 aromatic rings. The molecule has 0 aromatic heterocycles. The molecular formula is C15H24. The summed E-state index contributed by atoms with van der Waals surface area (Å²) in [5, 5.41) is 0. The van der Waals surface area contributed by atoms with Crippen LogP contribution in [-0.2, 0) is 0 Å². The van der Waals surface area contributed by atoms with Crippen molar-refractivity contribution in [3.8, 4) is 0 Å². The largest absolute Gasteiger partial charge is 0.0854 e. The summed E-state index contributed by atoms with van der Waals surface area (Å²) in [5.41, 5.74) is 1.39. The van der Waals surface area contributed by atoms with Crippen LogP contribution in [0.1, 0.15) is 46.1 Å². The Labute approximate surface area is 95.0 Å². The number of hydrogen-bond acceptors (Lipinski definition) is 0. The van der Waals surface area contributed by atoms with Gasteiger partial charge in [-0.2, -0.15) is 0 Å². The Morgan fingerprint density at radius 1 is 0.867 bits per heavy atom. The molecule has 0 heteroatoms. The Bertz CT molecular complexity index is 257. The van der Waals surface area contributed by atoms with E-state index in [0.717, 1.165) is 0 Å². The van der Waals surface area contributed by atoms with Crippen LogP contribution in [0.15, 0.2) is 42.5 Å². The smallest absolute Gasteiger partial charge is 0.00103 e. The summed E-state index contributed by atoms with van der Waals surface area (Å²) in [7, 11) is 0. The van der Waals surface area contributed by atoms with Crippen LogP contribution in [0, 0.1) is 5.92 Å². The molecular weight excluding hydrogens is 180 g/mol. The highest BCUT2D eigenvalue weighted by Gasteiger charge is 1.98. The molecule has 0 aliphatic carbocycles. The van der Waals surface area contributed by atoms with Crippen LogP contribution in [0.4, 0.5) is 0 Å². The van der Waals surface area contributed by atoms with E-state index in [4.69, 9.17) is 0 Å². The molecule has 84 valence electrons. The zero-order valence-electron chi connectivity index (χ0n) is 10.7. The van der Waals surface area contributed by atoms with E-state index in [1.54, 1.807) is 0 Å². The topological polar surface area (TPSA) is 0 Å². The minimum atomic E-state index is 0.531. The summed E-state index contributed by atoms with van der Waals surface area (Å²) in [6.07, 6.45) is 4.54. The molecule has 0 saturated heterocycles. The van der Waals surface area contributed by atoms with Crippen LogP contribution < -0.4 is 0 Å². The summed E-state index contributed by atoms with van der Waals surface area (Å²) >= 11 is 0. The summed E-state index contributed by atoms with van der Waals surface area (Å²) in [6.45, 7) is 10.6. The summed E-state index contributed by atoms with van der Waals surface area (Å²) in [4.78, 5) is 0. The maximum Gasteiger partial charge on any atom is -0.00103 e. The van der Waals surface area contributed by atoms with E-state index in [-0.39, 0.29) is 0 Å². The van der Waals surface area contributed by atoms with Crippen LogP contribution in [0.3, 0.4) is 0 Å². The molecule has 0 aliphatic heterocycles. The minimum absolute atomic E-state index is 0.531. The standard InChI is InChI=1S/C13H18.C2H6/c1-11(2)9-10-12(3)13-7-5-4-6-8-13;1-2/h4-12H,1-3H3;1-2H3. The van der Waals surface area contributed by atoms with E-state index < -0.39 is 0 Å². The fraction of sp³-hybridized carbons (Fsp3) is 0.467. The van der Waals surface area contributed by atoms with Crippen LogP contribution in [0.25, 0.3) is 0 Å². The van der Waals surface area contributed by atoms with Gasteiger partial charge in [0.15, 0.2) is 0 Å². The molecule has 1 unspecified atom stereocenters. The number of allylic oxidation sites excluding steroid dienone is 2. The van der Waals surface area contributed by atoms with Gasteiger partial charge in [0, 0.05) is 0 Å².